The molecule has 0 saturated carbocycles. The van der Waals surface area contributed by atoms with Gasteiger partial charge in [0.25, 0.3) is 0 Å². The third kappa shape index (κ3) is 2.91. The van der Waals surface area contributed by atoms with Crippen LogP contribution in [-0.2, 0) is 6.42 Å². The Balaban J connectivity index is 1.84. The lowest BCUT2D eigenvalue weighted by molar-refractivity contribution is 0.0860. The summed E-state index contributed by atoms with van der Waals surface area (Å²) in [5, 5.41) is 0. The number of hydrogen-bond donors (Lipinski definition) is 0. The van der Waals surface area contributed by atoms with Gasteiger partial charge in [-0.1, -0.05) is 91.0 Å². The molecule has 0 aliphatic heterocycles. The van der Waals surface area contributed by atoms with Gasteiger partial charge in [0.1, 0.15) is 5.92 Å². The van der Waals surface area contributed by atoms with Crippen molar-refractivity contribution >= 4 is 17.6 Å². The predicted molar refractivity (Wildman–Crippen MR) is 103 cm³/mol. The minimum absolute atomic E-state index is 0.153. The number of hydrogen-bond acceptors (Lipinski definition) is 2. The van der Waals surface area contributed by atoms with Gasteiger partial charge in [0, 0.05) is 11.1 Å². The summed E-state index contributed by atoms with van der Waals surface area (Å²) in [5.74, 6) is -1.13. The monoisotopic (exact) mass is 338 g/mol. The number of allylic oxidation sites excluding steroid dienone is 1. The number of fused-ring (bicyclic) bond motifs is 1. The average molecular weight is 338 g/mol. The van der Waals surface area contributed by atoms with Crippen molar-refractivity contribution in [2.24, 2.45) is 0 Å². The molecule has 0 saturated heterocycles. The summed E-state index contributed by atoms with van der Waals surface area (Å²) in [6.45, 7) is 0. The number of carbonyl (C=O) groups excluding carboxylic acids is 2. The van der Waals surface area contributed by atoms with Crippen LogP contribution < -0.4 is 0 Å². The van der Waals surface area contributed by atoms with Gasteiger partial charge < -0.3 is 0 Å². The zero-order chi connectivity index (χ0) is 17.9. The molecule has 0 fully saturated rings. The summed E-state index contributed by atoms with van der Waals surface area (Å²) < 4.78 is 0. The minimum Gasteiger partial charge on any atom is -0.293 e. The highest BCUT2D eigenvalue weighted by Crippen LogP contribution is 2.33. The van der Waals surface area contributed by atoms with Crippen molar-refractivity contribution in [2.45, 2.75) is 12.3 Å². The first kappa shape index (κ1) is 16.2. The third-order valence-electron chi connectivity index (χ3n) is 4.82. The quantitative estimate of drug-likeness (QED) is 0.479. The van der Waals surface area contributed by atoms with Crippen LogP contribution in [-0.4, -0.2) is 11.6 Å². The Hall–Kier alpha value is -3.26. The van der Waals surface area contributed by atoms with E-state index in [1.807, 2.05) is 54.6 Å². The van der Waals surface area contributed by atoms with Crippen molar-refractivity contribution in [1.29, 1.82) is 0 Å². The topological polar surface area (TPSA) is 34.1 Å². The van der Waals surface area contributed by atoms with Gasteiger partial charge in [0.15, 0.2) is 11.6 Å². The van der Waals surface area contributed by atoms with Gasteiger partial charge in [-0.25, -0.2) is 0 Å². The normalized spacial score (nSPS) is 12.2. The lowest BCUT2D eigenvalue weighted by atomic mass is 9.81. The Morgan fingerprint density at radius 3 is 1.85 bits per heavy atom. The second-order valence-electron chi connectivity index (χ2n) is 6.42. The SMILES string of the molecule is O=C(c1ccccc1)C(C(=O)c1ccccc1)c1cccc2c1CC=C2. The molecule has 0 spiro atoms. The smallest absolute Gasteiger partial charge is 0.178 e. The van der Waals surface area contributed by atoms with E-state index in [2.05, 4.69) is 12.2 Å². The fraction of sp³-hybridized carbons (Fsp3) is 0.0833. The number of carbonyl (C=O) groups is 2. The first-order valence-electron chi connectivity index (χ1n) is 8.72. The minimum atomic E-state index is -0.824. The molecule has 2 heteroatoms. The maximum atomic E-state index is 13.3. The molecule has 4 rings (SSSR count). The fourth-order valence-electron chi connectivity index (χ4n) is 3.53. The Labute approximate surface area is 152 Å². The Bertz CT molecular complexity index is 934. The summed E-state index contributed by atoms with van der Waals surface area (Å²) in [7, 11) is 0. The Morgan fingerprint density at radius 1 is 0.692 bits per heavy atom. The van der Waals surface area contributed by atoms with E-state index in [1.54, 1.807) is 24.3 Å². The zero-order valence-corrected chi connectivity index (χ0v) is 14.3. The standard InChI is InChI=1S/C24H18O2/c25-23(18-9-3-1-4-10-18)22(24(26)19-11-5-2-6-12-19)21-16-8-14-17-13-7-15-20(17)21/h1-14,16,22H,15H2. The van der Waals surface area contributed by atoms with Crippen molar-refractivity contribution in [3.8, 4) is 0 Å². The van der Waals surface area contributed by atoms with Crippen LogP contribution in [0.3, 0.4) is 0 Å². The van der Waals surface area contributed by atoms with Crippen molar-refractivity contribution < 1.29 is 9.59 Å². The molecule has 0 aromatic heterocycles. The predicted octanol–water partition coefficient (Wildman–Crippen LogP) is 5.11. The van der Waals surface area contributed by atoms with Crippen LogP contribution in [0.2, 0.25) is 0 Å². The van der Waals surface area contributed by atoms with Gasteiger partial charge in [-0.3, -0.25) is 9.59 Å². The number of ketones is 2. The molecule has 0 radical (unpaired) electrons. The second kappa shape index (κ2) is 6.93. The average Bonchev–Trinajstić information content (AvgIpc) is 3.19. The first-order valence-corrected chi connectivity index (χ1v) is 8.72. The van der Waals surface area contributed by atoms with Crippen LogP contribution in [0, 0.1) is 0 Å². The fourth-order valence-corrected chi connectivity index (χ4v) is 3.53. The Kier molecular flexibility index (Phi) is 4.32. The molecule has 26 heavy (non-hydrogen) atoms. The number of benzene rings is 3. The van der Waals surface area contributed by atoms with Gasteiger partial charge >= 0.3 is 0 Å². The molecular weight excluding hydrogens is 320 g/mol. The highest BCUT2D eigenvalue weighted by molar-refractivity contribution is 6.20. The van der Waals surface area contributed by atoms with E-state index in [-0.39, 0.29) is 11.6 Å². The first-order chi connectivity index (χ1) is 12.8. The summed E-state index contributed by atoms with van der Waals surface area (Å²) in [4.78, 5) is 26.6. The molecule has 0 N–H and O–H groups in total. The number of Topliss-reactive ketones (excluding diaryl/α,β-unsaturated/α-hetero) is 2. The van der Waals surface area contributed by atoms with E-state index in [1.165, 1.54) is 0 Å². The summed E-state index contributed by atoms with van der Waals surface area (Å²) in [6.07, 6.45) is 4.88. The van der Waals surface area contributed by atoms with Crippen molar-refractivity contribution in [2.75, 3.05) is 0 Å². The van der Waals surface area contributed by atoms with Gasteiger partial charge in [-0.2, -0.15) is 0 Å². The van der Waals surface area contributed by atoms with Crippen LogP contribution in [0.1, 0.15) is 43.3 Å². The van der Waals surface area contributed by atoms with Crippen molar-refractivity contribution in [1.82, 2.24) is 0 Å². The van der Waals surface area contributed by atoms with Crippen molar-refractivity contribution in [3.63, 3.8) is 0 Å². The second-order valence-corrected chi connectivity index (χ2v) is 6.42. The Morgan fingerprint density at radius 2 is 1.27 bits per heavy atom. The van der Waals surface area contributed by atoms with Crippen LogP contribution in [0.4, 0.5) is 0 Å². The molecule has 0 unspecified atom stereocenters. The van der Waals surface area contributed by atoms with E-state index in [0.717, 1.165) is 23.1 Å². The number of rotatable bonds is 5. The highest BCUT2D eigenvalue weighted by Gasteiger charge is 2.32. The largest absolute Gasteiger partial charge is 0.293 e. The van der Waals surface area contributed by atoms with E-state index in [0.29, 0.717) is 11.1 Å². The molecule has 126 valence electrons. The summed E-state index contributed by atoms with van der Waals surface area (Å²) in [5.41, 5.74) is 4.10. The van der Waals surface area contributed by atoms with Crippen LogP contribution >= 0.6 is 0 Å². The molecular formula is C24H18O2. The molecule has 1 aliphatic carbocycles. The molecule has 3 aromatic rings. The van der Waals surface area contributed by atoms with Crippen LogP contribution in [0.15, 0.2) is 84.9 Å². The van der Waals surface area contributed by atoms with E-state index in [4.69, 9.17) is 0 Å². The zero-order valence-electron chi connectivity index (χ0n) is 14.3. The molecule has 0 bridgehead atoms. The molecule has 0 atom stereocenters. The van der Waals surface area contributed by atoms with E-state index in [9.17, 15) is 9.59 Å². The lowest BCUT2D eigenvalue weighted by Crippen LogP contribution is -2.24. The maximum absolute atomic E-state index is 13.3. The maximum Gasteiger partial charge on any atom is 0.178 e. The molecule has 2 nitrogen and oxygen atoms in total. The highest BCUT2D eigenvalue weighted by atomic mass is 16.2. The van der Waals surface area contributed by atoms with Gasteiger partial charge in [-0.15, -0.1) is 0 Å². The molecule has 0 amide bonds. The van der Waals surface area contributed by atoms with Gasteiger partial charge in [0.2, 0.25) is 0 Å². The molecule has 3 aromatic carbocycles. The summed E-state index contributed by atoms with van der Waals surface area (Å²) in [6, 6.07) is 24.0. The summed E-state index contributed by atoms with van der Waals surface area (Å²) >= 11 is 0. The molecule has 1 aliphatic rings. The lowest BCUT2D eigenvalue weighted by Gasteiger charge is -2.19. The third-order valence-corrected chi connectivity index (χ3v) is 4.82. The van der Waals surface area contributed by atoms with Crippen LogP contribution in [0.5, 0.6) is 0 Å². The van der Waals surface area contributed by atoms with E-state index >= 15 is 0 Å². The van der Waals surface area contributed by atoms with E-state index < -0.39 is 5.92 Å². The van der Waals surface area contributed by atoms with Crippen molar-refractivity contribution in [3.05, 3.63) is 113 Å². The molecule has 0 heterocycles. The van der Waals surface area contributed by atoms with Gasteiger partial charge in [0.05, 0.1) is 0 Å². The van der Waals surface area contributed by atoms with Gasteiger partial charge in [-0.05, 0) is 23.1 Å². The van der Waals surface area contributed by atoms with Crippen LogP contribution in [0.25, 0.3) is 6.08 Å².